The molecular formula is C11H12INO3. The van der Waals surface area contributed by atoms with Crippen molar-refractivity contribution in [2.24, 2.45) is 0 Å². The van der Waals surface area contributed by atoms with Gasteiger partial charge in [-0.1, -0.05) is 12.1 Å². The average molecular weight is 333 g/mol. The Labute approximate surface area is 107 Å². The minimum atomic E-state index is -1.02. The molecule has 0 saturated heterocycles. The number of carbonyl (C=O) groups is 2. The lowest BCUT2D eigenvalue weighted by Crippen LogP contribution is -2.41. The van der Waals surface area contributed by atoms with E-state index in [1.165, 1.54) is 6.92 Å². The molecule has 1 rings (SSSR count). The SMILES string of the molecule is CC(=O)N[C@H](Cc1cccc(I)c1)C(=O)O. The zero-order chi connectivity index (χ0) is 12.1. The number of carbonyl (C=O) groups excluding carboxylic acids is 1. The third-order valence-corrected chi connectivity index (χ3v) is 2.68. The Morgan fingerprint density at radius 1 is 1.50 bits per heavy atom. The van der Waals surface area contributed by atoms with Crippen molar-refractivity contribution in [2.75, 3.05) is 0 Å². The number of halogens is 1. The van der Waals surface area contributed by atoms with E-state index in [1.807, 2.05) is 24.3 Å². The monoisotopic (exact) mass is 333 g/mol. The molecule has 1 amide bonds. The molecule has 1 aromatic rings. The topological polar surface area (TPSA) is 66.4 Å². The first kappa shape index (κ1) is 13.0. The third-order valence-electron chi connectivity index (χ3n) is 2.00. The summed E-state index contributed by atoms with van der Waals surface area (Å²) < 4.78 is 1.04. The first-order chi connectivity index (χ1) is 7.49. The summed E-state index contributed by atoms with van der Waals surface area (Å²) in [4.78, 5) is 21.7. The summed E-state index contributed by atoms with van der Waals surface area (Å²) >= 11 is 2.16. The van der Waals surface area contributed by atoms with Gasteiger partial charge in [-0.25, -0.2) is 4.79 Å². The van der Waals surface area contributed by atoms with Crippen LogP contribution >= 0.6 is 22.6 Å². The molecule has 0 radical (unpaired) electrons. The van der Waals surface area contributed by atoms with Gasteiger partial charge in [0.1, 0.15) is 6.04 Å². The Kier molecular flexibility index (Phi) is 4.72. The number of carboxylic acids is 1. The van der Waals surface area contributed by atoms with E-state index in [-0.39, 0.29) is 5.91 Å². The summed E-state index contributed by atoms with van der Waals surface area (Å²) in [6, 6.07) is 6.68. The number of hydrogen-bond donors (Lipinski definition) is 2. The standard InChI is InChI=1S/C11H12INO3/c1-7(14)13-10(11(15)16)6-8-3-2-4-9(12)5-8/h2-5,10H,6H2,1H3,(H,13,14)(H,15,16)/t10-/m1/s1. The molecule has 16 heavy (non-hydrogen) atoms. The van der Waals surface area contributed by atoms with Gasteiger partial charge < -0.3 is 10.4 Å². The van der Waals surface area contributed by atoms with E-state index in [0.717, 1.165) is 9.13 Å². The second-order valence-electron chi connectivity index (χ2n) is 3.43. The van der Waals surface area contributed by atoms with Gasteiger partial charge in [-0.05, 0) is 40.3 Å². The summed E-state index contributed by atoms with van der Waals surface area (Å²) in [5, 5.41) is 11.3. The lowest BCUT2D eigenvalue weighted by Gasteiger charge is -2.13. The second kappa shape index (κ2) is 5.83. The largest absolute Gasteiger partial charge is 0.480 e. The van der Waals surface area contributed by atoms with E-state index in [9.17, 15) is 9.59 Å². The fraction of sp³-hybridized carbons (Fsp3) is 0.273. The zero-order valence-electron chi connectivity index (χ0n) is 8.74. The number of benzene rings is 1. The zero-order valence-corrected chi connectivity index (χ0v) is 10.9. The van der Waals surface area contributed by atoms with E-state index in [0.29, 0.717) is 6.42 Å². The molecule has 0 fully saturated rings. The van der Waals surface area contributed by atoms with Crippen LogP contribution in [0.15, 0.2) is 24.3 Å². The molecule has 86 valence electrons. The Bertz CT molecular complexity index is 406. The molecule has 4 nitrogen and oxygen atoms in total. The fourth-order valence-corrected chi connectivity index (χ4v) is 1.95. The summed E-state index contributed by atoms with van der Waals surface area (Å²) in [5.74, 6) is -1.35. The van der Waals surface area contributed by atoms with Gasteiger partial charge in [-0.2, -0.15) is 0 Å². The predicted molar refractivity (Wildman–Crippen MR) is 68.1 cm³/mol. The summed E-state index contributed by atoms with van der Waals surface area (Å²) in [6.07, 6.45) is 0.297. The van der Waals surface area contributed by atoms with Crippen molar-refractivity contribution >= 4 is 34.5 Å². The second-order valence-corrected chi connectivity index (χ2v) is 4.67. The van der Waals surface area contributed by atoms with Crippen LogP contribution in [0.2, 0.25) is 0 Å². The molecule has 2 N–H and O–H groups in total. The Hall–Kier alpha value is -1.11. The average Bonchev–Trinajstić information content (AvgIpc) is 2.15. The maximum atomic E-state index is 10.9. The van der Waals surface area contributed by atoms with Crippen LogP contribution < -0.4 is 5.32 Å². The van der Waals surface area contributed by atoms with Gasteiger partial charge in [0.25, 0.3) is 0 Å². The molecule has 0 aliphatic carbocycles. The van der Waals surface area contributed by atoms with Crippen molar-refractivity contribution in [3.05, 3.63) is 33.4 Å². The number of rotatable bonds is 4. The van der Waals surface area contributed by atoms with Crippen LogP contribution in [0.5, 0.6) is 0 Å². The lowest BCUT2D eigenvalue weighted by atomic mass is 10.1. The summed E-state index contributed by atoms with van der Waals surface area (Å²) in [6.45, 7) is 1.31. The molecule has 0 unspecified atom stereocenters. The van der Waals surface area contributed by atoms with Crippen molar-refractivity contribution in [3.63, 3.8) is 0 Å². The third kappa shape index (κ3) is 4.18. The molecule has 0 heterocycles. The highest BCUT2D eigenvalue weighted by molar-refractivity contribution is 14.1. The molecule has 0 spiro atoms. The van der Waals surface area contributed by atoms with E-state index < -0.39 is 12.0 Å². The molecule has 1 atom stereocenters. The summed E-state index contributed by atoms with van der Waals surface area (Å²) in [5.41, 5.74) is 0.896. The number of carboxylic acid groups (broad SMARTS) is 1. The van der Waals surface area contributed by atoms with Gasteiger partial charge in [0, 0.05) is 16.9 Å². The van der Waals surface area contributed by atoms with Gasteiger partial charge in [0.2, 0.25) is 5.91 Å². The Morgan fingerprint density at radius 2 is 2.19 bits per heavy atom. The molecule has 0 bridgehead atoms. The maximum absolute atomic E-state index is 10.9. The predicted octanol–water partition coefficient (Wildman–Crippen LogP) is 1.42. The summed E-state index contributed by atoms with van der Waals surface area (Å²) in [7, 11) is 0. The molecule has 5 heteroatoms. The smallest absolute Gasteiger partial charge is 0.326 e. The van der Waals surface area contributed by atoms with Crippen LogP contribution in [0.4, 0.5) is 0 Å². The van der Waals surface area contributed by atoms with Gasteiger partial charge in [-0.3, -0.25) is 4.79 Å². The molecule has 0 aliphatic rings. The van der Waals surface area contributed by atoms with Crippen LogP contribution in [-0.4, -0.2) is 23.0 Å². The number of amides is 1. The van der Waals surface area contributed by atoms with Gasteiger partial charge in [0.05, 0.1) is 0 Å². The van der Waals surface area contributed by atoms with E-state index >= 15 is 0 Å². The Morgan fingerprint density at radius 3 is 2.69 bits per heavy atom. The highest BCUT2D eigenvalue weighted by Gasteiger charge is 2.18. The van der Waals surface area contributed by atoms with E-state index in [2.05, 4.69) is 27.9 Å². The number of aliphatic carboxylic acids is 1. The van der Waals surface area contributed by atoms with Gasteiger partial charge in [0.15, 0.2) is 0 Å². The van der Waals surface area contributed by atoms with Crippen LogP contribution in [0.3, 0.4) is 0 Å². The van der Waals surface area contributed by atoms with Gasteiger partial charge in [-0.15, -0.1) is 0 Å². The highest BCUT2D eigenvalue weighted by Crippen LogP contribution is 2.10. The molecule has 0 aliphatic heterocycles. The van der Waals surface area contributed by atoms with Crippen molar-refractivity contribution < 1.29 is 14.7 Å². The molecule has 0 saturated carbocycles. The first-order valence-corrected chi connectivity index (χ1v) is 5.81. The van der Waals surface area contributed by atoms with Gasteiger partial charge >= 0.3 is 5.97 Å². The van der Waals surface area contributed by atoms with Crippen molar-refractivity contribution in [2.45, 2.75) is 19.4 Å². The van der Waals surface area contributed by atoms with Crippen LogP contribution in [-0.2, 0) is 16.0 Å². The van der Waals surface area contributed by atoms with Crippen LogP contribution in [0, 0.1) is 3.57 Å². The Balaban J connectivity index is 2.75. The van der Waals surface area contributed by atoms with Crippen molar-refractivity contribution in [1.82, 2.24) is 5.32 Å². The maximum Gasteiger partial charge on any atom is 0.326 e. The molecular weight excluding hydrogens is 321 g/mol. The molecule has 1 aromatic carbocycles. The normalized spacial score (nSPS) is 11.9. The number of nitrogens with one attached hydrogen (secondary N) is 1. The quantitative estimate of drug-likeness (QED) is 0.819. The van der Waals surface area contributed by atoms with Crippen molar-refractivity contribution in [1.29, 1.82) is 0 Å². The fourth-order valence-electron chi connectivity index (χ4n) is 1.35. The number of hydrogen-bond acceptors (Lipinski definition) is 2. The lowest BCUT2D eigenvalue weighted by molar-refractivity contribution is -0.141. The van der Waals surface area contributed by atoms with Crippen LogP contribution in [0.25, 0.3) is 0 Å². The highest BCUT2D eigenvalue weighted by atomic mass is 127. The van der Waals surface area contributed by atoms with E-state index in [4.69, 9.17) is 5.11 Å². The molecule has 0 aromatic heterocycles. The van der Waals surface area contributed by atoms with Crippen LogP contribution in [0.1, 0.15) is 12.5 Å². The first-order valence-electron chi connectivity index (χ1n) is 4.73. The van der Waals surface area contributed by atoms with Crippen molar-refractivity contribution in [3.8, 4) is 0 Å². The minimum absolute atomic E-state index is 0.297. The van der Waals surface area contributed by atoms with E-state index in [1.54, 1.807) is 0 Å². The minimum Gasteiger partial charge on any atom is -0.480 e.